The van der Waals surface area contributed by atoms with Gasteiger partial charge in [0.15, 0.2) is 0 Å². The van der Waals surface area contributed by atoms with Crippen molar-refractivity contribution in [3.05, 3.63) is 0 Å². The molecule has 3 atom stereocenters. The second-order valence-electron chi connectivity index (χ2n) is 5.77. The maximum absolute atomic E-state index is 12.9. The number of hydrogen-bond acceptors (Lipinski definition) is 4. The van der Waals surface area contributed by atoms with Crippen LogP contribution in [0.25, 0.3) is 0 Å². The van der Waals surface area contributed by atoms with E-state index in [1.807, 2.05) is 14.0 Å². The molecule has 7 heteroatoms. The molecule has 3 unspecified atom stereocenters. The molecule has 0 aliphatic carbocycles. The lowest BCUT2D eigenvalue weighted by Crippen LogP contribution is -2.55. The predicted molar refractivity (Wildman–Crippen MR) is 78.8 cm³/mol. The van der Waals surface area contributed by atoms with Crippen molar-refractivity contribution in [3.63, 3.8) is 0 Å². The van der Waals surface area contributed by atoms with Gasteiger partial charge in [-0.05, 0) is 33.2 Å². The Morgan fingerprint density at radius 1 is 1.35 bits per heavy atom. The van der Waals surface area contributed by atoms with Crippen molar-refractivity contribution in [2.45, 2.75) is 50.8 Å². The van der Waals surface area contributed by atoms with Crippen molar-refractivity contribution >= 4 is 10.2 Å². The number of rotatable bonds is 5. The van der Waals surface area contributed by atoms with E-state index in [9.17, 15) is 8.42 Å². The normalized spacial score (nSPS) is 32.9. The molecule has 1 N–H and O–H groups in total. The van der Waals surface area contributed by atoms with Crippen LogP contribution in [0.5, 0.6) is 0 Å². The molecule has 0 radical (unpaired) electrons. The Bertz CT molecular complexity index is 413. The standard InChI is InChI=1S/C13H27N3O3S/c1-11-13(7-9-19-11)15(3)20(17,18)16-8-5-4-6-12(16)10-14-2/h11-14H,4-10H2,1-3H3. The summed E-state index contributed by atoms with van der Waals surface area (Å²) >= 11 is 0. The fraction of sp³-hybridized carbons (Fsp3) is 1.00. The van der Waals surface area contributed by atoms with E-state index in [0.29, 0.717) is 19.7 Å². The zero-order chi connectivity index (χ0) is 14.8. The van der Waals surface area contributed by atoms with Crippen LogP contribution in [0.15, 0.2) is 0 Å². The first-order valence-electron chi connectivity index (χ1n) is 7.49. The summed E-state index contributed by atoms with van der Waals surface area (Å²) in [6.07, 6.45) is 3.74. The van der Waals surface area contributed by atoms with Crippen molar-refractivity contribution in [3.8, 4) is 0 Å². The lowest BCUT2D eigenvalue weighted by molar-refractivity contribution is 0.0993. The summed E-state index contributed by atoms with van der Waals surface area (Å²) in [5.74, 6) is 0. The molecule has 2 saturated heterocycles. The van der Waals surface area contributed by atoms with Gasteiger partial charge in [-0.15, -0.1) is 0 Å². The van der Waals surface area contributed by atoms with E-state index in [1.165, 1.54) is 4.31 Å². The first-order valence-corrected chi connectivity index (χ1v) is 8.89. The summed E-state index contributed by atoms with van der Waals surface area (Å²) < 4.78 is 34.5. The maximum Gasteiger partial charge on any atom is 0.282 e. The minimum absolute atomic E-state index is 0.0256. The molecule has 0 bridgehead atoms. The van der Waals surface area contributed by atoms with Gasteiger partial charge in [0.25, 0.3) is 10.2 Å². The van der Waals surface area contributed by atoms with Gasteiger partial charge in [0.1, 0.15) is 0 Å². The Morgan fingerprint density at radius 2 is 2.10 bits per heavy atom. The van der Waals surface area contributed by atoms with Gasteiger partial charge in [0.05, 0.1) is 12.1 Å². The Kier molecular flexibility index (Phi) is 5.42. The van der Waals surface area contributed by atoms with Gasteiger partial charge in [-0.2, -0.15) is 17.0 Å². The van der Waals surface area contributed by atoms with E-state index < -0.39 is 10.2 Å². The average molecular weight is 305 g/mol. The molecule has 2 rings (SSSR count). The Balaban J connectivity index is 2.14. The third kappa shape index (κ3) is 3.17. The quantitative estimate of drug-likeness (QED) is 0.799. The molecule has 0 saturated carbocycles. The number of hydrogen-bond donors (Lipinski definition) is 1. The van der Waals surface area contributed by atoms with Crippen LogP contribution in [0.4, 0.5) is 0 Å². The number of piperidine rings is 1. The molecule has 118 valence electrons. The summed E-state index contributed by atoms with van der Waals surface area (Å²) in [5.41, 5.74) is 0. The van der Waals surface area contributed by atoms with Gasteiger partial charge in [0, 0.05) is 32.8 Å². The summed E-state index contributed by atoms with van der Waals surface area (Å²) in [6.45, 7) is 3.93. The number of ether oxygens (including phenoxy) is 1. The highest BCUT2D eigenvalue weighted by Crippen LogP contribution is 2.26. The molecular formula is C13H27N3O3S. The van der Waals surface area contributed by atoms with E-state index in [1.54, 1.807) is 11.4 Å². The van der Waals surface area contributed by atoms with E-state index >= 15 is 0 Å². The highest BCUT2D eigenvalue weighted by atomic mass is 32.2. The van der Waals surface area contributed by atoms with Gasteiger partial charge in [0.2, 0.25) is 0 Å². The minimum atomic E-state index is -3.40. The van der Waals surface area contributed by atoms with Crippen molar-refractivity contribution in [2.75, 3.05) is 33.8 Å². The highest BCUT2D eigenvalue weighted by molar-refractivity contribution is 7.86. The molecule has 0 aromatic heterocycles. The third-order valence-corrected chi connectivity index (χ3v) is 6.55. The van der Waals surface area contributed by atoms with Gasteiger partial charge in [-0.25, -0.2) is 0 Å². The lowest BCUT2D eigenvalue weighted by atomic mass is 10.1. The molecule has 20 heavy (non-hydrogen) atoms. The van der Waals surface area contributed by atoms with Gasteiger partial charge in [-0.1, -0.05) is 6.42 Å². The van der Waals surface area contributed by atoms with Crippen LogP contribution in [0, 0.1) is 0 Å². The molecule has 0 aromatic carbocycles. The molecule has 2 fully saturated rings. The average Bonchev–Trinajstić information content (AvgIpc) is 2.85. The molecule has 2 aliphatic heterocycles. The number of nitrogens with one attached hydrogen (secondary N) is 1. The van der Waals surface area contributed by atoms with Crippen molar-refractivity contribution < 1.29 is 13.2 Å². The fourth-order valence-corrected chi connectivity index (χ4v) is 5.12. The third-order valence-electron chi connectivity index (χ3n) is 4.48. The van der Waals surface area contributed by atoms with Crippen LogP contribution >= 0.6 is 0 Å². The summed E-state index contributed by atoms with van der Waals surface area (Å²) in [5, 5.41) is 3.11. The van der Waals surface area contributed by atoms with Gasteiger partial charge in [-0.3, -0.25) is 0 Å². The molecule has 2 heterocycles. The van der Waals surface area contributed by atoms with Gasteiger partial charge >= 0.3 is 0 Å². The first-order chi connectivity index (χ1) is 9.48. The molecule has 6 nitrogen and oxygen atoms in total. The number of nitrogens with zero attached hydrogens (tertiary/aromatic N) is 2. The van der Waals surface area contributed by atoms with E-state index in [4.69, 9.17) is 4.74 Å². The highest BCUT2D eigenvalue weighted by Gasteiger charge is 2.40. The van der Waals surface area contributed by atoms with Crippen LogP contribution < -0.4 is 5.32 Å². The van der Waals surface area contributed by atoms with Crippen LogP contribution in [-0.4, -0.2) is 69.0 Å². The van der Waals surface area contributed by atoms with Crippen molar-refractivity contribution in [1.29, 1.82) is 0 Å². The van der Waals surface area contributed by atoms with Crippen LogP contribution in [0.1, 0.15) is 32.6 Å². The van der Waals surface area contributed by atoms with Crippen LogP contribution in [-0.2, 0) is 14.9 Å². The SMILES string of the molecule is CNCC1CCCCN1S(=O)(=O)N(C)C1CCOC1C. The monoisotopic (exact) mass is 305 g/mol. The topological polar surface area (TPSA) is 61.9 Å². The lowest BCUT2D eigenvalue weighted by Gasteiger charge is -2.38. The van der Waals surface area contributed by atoms with Crippen molar-refractivity contribution in [2.24, 2.45) is 0 Å². The second kappa shape index (κ2) is 6.70. The molecule has 0 spiro atoms. The smallest absolute Gasteiger partial charge is 0.282 e. The zero-order valence-corrected chi connectivity index (χ0v) is 13.5. The van der Waals surface area contributed by atoms with Crippen LogP contribution in [0.3, 0.4) is 0 Å². The first kappa shape index (κ1) is 16.2. The van der Waals surface area contributed by atoms with Crippen LogP contribution in [0.2, 0.25) is 0 Å². The predicted octanol–water partition coefficient (Wildman–Crippen LogP) is 0.414. The van der Waals surface area contributed by atoms with Gasteiger partial charge < -0.3 is 10.1 Å². The molecular weight excluding hydrogens is 278 g/mol. The molecule has 2 aliphatic rings. The van der Waals surface area contributed by atoms with E-state index in [-0.39, 0.29) is 18.2 Å². The second-order valence-corrected chi connectivity index (χ2v) is 7.71. The Morgan fingerprint density at radius 3 is 2.70 bits per heavy atom. The number of likely N-dealkylation sites (N-methyl/N-ethyl adjacent to an activating group) is 2. The fourth-order valence-electron chi connectivity index (χ4n) is 3.25. The summed E-state index contributed by atoms with van der Waals surface area (Å²) in [4.78, 5) is 0. The van der Waals surface area contributed by atoms with E-state index in [2.05, 4.69) is 5.32 Å². The Hall–Kier alpha value is -0.210. The minimum Gasteiger partial charge on any atom is -0.377 e. The molecule has 0 aromatic rings. The summed E-state index contributed by atoms with van der Waals surface area (Å²) in [6, 6.07) is 0.0241. The van der Waals surface area contributed by atoms with Crippen molar-refractivity contribution in [1.82, 2.24) is 13.9 Å². The largest absolute Gasteiger partial charge is 0.377 e. The summed E-state index contributed by atoms with van der Waals surface area (Å²) in [7, 11) is 0.159. The maximum atomic E-state index is 12.9. The zero-order valence-electron chi connectivity index (χ0n) is 12.7. The molecule has 0 amide bonds. The van der Waals surface area contributed by atoms with E-state index in [0.717, 1.165) is 25.7 Å². The Labute approximate surface area is 122 Å².